The van der Waals surface area contributed by atoms with Crippen LogP contribution in [0.25, 0.3) is 0 Å². The maximum atomic E-state index is 12.0. The molecule has 0 spiro atoms. The molecule has 27 heavy (non-hydrogen) atoms. The summed E-state index contributed by atoms with van der Waals surface area (Å²) in [5.74, 6) is -3.14. The van der Waals surface area contributed by atoms with Crippen molar-refractivity contribution < 1.29 is 33.2 Å². The molecule has 154 valence electrons. The lowest BCUT2D eigenvalue weighted by Gasteiger charge is -2.40. The molecule has 3 fully saturated rings. The minimum Gasteiger partial charge on any atom is -0.456 e. The van der Waals surface area contributed by atoms with E-state index < -0.39 is 29.4 Å². The Morgan fingerprint density at radius 1 is 1.04 bits per heavy atom. The van der Waals surface area contributed by atoms with Crippen molar-refractivity contribution in [3.63, 3.8) is 0 Å². The van der Waals surface area contributed by atoms with Gasteiger partial charge in [0.05, 0.1) is 6.61 Å². The summed E-state index contributed by atoms with van der Waals surface area (Å²) in [5, 5.41) is 0. The van der Waals surface area contributed by atoms with Crippen LogP contribution in [0, 0.1) is 0 Å². The molecule has 3 heterocycles. The molecule has 0 aromatic rings. The van der Waals surface area contributed by atoms with E-state index >= 15 is 0 Å². The molecule has 3 aliphatic heterocycles. The van der Waals surface area contributed by atoms with E-state index in [1.54, 1.807) is 6.92 Å². The predicted molar refractivity (Wildman–Crippen MR) is 96.8 cm³/mol. The molecular weight excluding hydrogens is 352 g/mol. The number of hydrogen-bond acceptors (Lipinski definition) is 7. The molecule has 0 aromatic heterocycles. The summed E-state index contributed by atoms with van der Waals surface area (Å²) in [7, 11) is 0. The van der Waals surface area contributed by atoms with Crippen molar-refractivity contribution in [2.45, 2.75) is 96.0 Å². The standard InChI is InChI=1S/C20H32O7/c1-7-18(8-2)24-14-11-23-20(12-22-17(21)13(5)6)16(15(14)25-18)26-19(9-3,10-4)27-20/h14-16H,5,7-12H2,1-4,6H3/t14-,15-,16+,20-/m1/s1. The Hall–Kier alpha value is -0.990. The van der Waals surface area contributed by atoms with E-state index in [0.29, 0.717) is 25.0 Å². The van der Waals surface area contributed by atoms with Gasteiger partial charge in [-0.3, -0.25) is 0 Å². The molecule has 4 atom stereocenters. The number of hydrogen-bond donors (Lipinski definition) is 0. The van der Waals surface area contributed by atoms with E-state index in [1.165, 1.54) is 0 Å². The molecule has 7 heteroatoms. The second-order valence-electron chi connectivity index (χ2n) is 7.59. The van der Waals surface area contributed by atoms with E-state index in [4.69, 9.17) is 28.4 Å². The third-order valence-corrected chi connectivity index (χ3v) is 5.92. The molecule has 0 N–H and O–H groups in total. The number of ether oxygens (including phenoxy) is 6. The zero-order valence-electron chi connectivity index (χ0n) is 17.0. The molecule has 0 bridgehead atoms. The van der Waals surface area contributed by atoms with Crippen molar-refractivity contribution in [1.29, 1.82) is 0 Å². The minimum atomic E-state index is -1.21. The second kappa shape index (κ2) is 7.44. The Bertz CT molecular complexity index is 581. The fraction of sp³-hybridized carbons (Fsp3) is 0.850. The summed E-state index contributed by atoms with van der Waals surface area (Å²) in [6.45, 7) is 13.5. The number of carbonyl (C=O) groups excluding carboxylic acids is 1. The summed E-state index contributed by atoms with van der Waals surface area (Å²) >= 11 is 0. The van der Waals surface area contributed by atoms with Crippen LogP contribution >= 0.6 is 0 Å². The normalized spacial score (nSPS) is 36.1. The summed E-state index contributed by atoms with van der Waals surface area (Å²) in [6, 6.07) is 0. The quantitative estimate of drug-likeness (QED) is 0.493. The highest BCUT2D eigenvalue weighted by atomic mass is 16.9. The van der Waals surface area contributed by atoms with Crippen LogP contribution in [0.5, 0.6) is 0 Å². The maximum Gasteiger partial charge on any atom is 0.333 e. The van der Waals surface area contributed by atoms with Gasteiger partial charge in [-0.2, -0.15) is 0 Å². The van der Waals surface area contributed by atoms with E-state index in [9.17, 15) is 4.79 Å². The molecule has 3 saturated heterocycles. The number of esters is 1. The first kappa shape index (κ1) is 20.7. The number of rotatable bonds is 7. The molecule has 3 rings (SSSR count). The third kappa shape index (κ3) is 3.44. The molecule has 0 radical (unpaired) electrons. The van der Waals surface area contributed by atoms with Gasteiger partial charge in [0.25, 0.3) is 0 Å². The lowest BCUT2D eigenvalue weighted by molar-refractivity contribution is -0.301. The van der Waals surface area contributed by atoms with Crippen molar-refractivity contribution in [3.05, 3.63) is 12.2 Å². The summed E-state index contributed by atoms with van der Waals surface area (Å²) < 4.78 is 36.8. The van der Waals surface area contributed by atoms with Gasteiger partial charge in [0.1, 0.15) is 24.9 Å². The van der Waals surface area contributed by atoms with Crippen molar-refractivity contribution in [2.24, 2.45) is 0 Å². The Morgan fingerprint density at radius 3 is 2.22 bits per heavy atom. The van der Waals surface area contributed by atoms with Gasteiger partial charge in [0, 0.05) is 5.57 Å². The molecule has 0 aromatic carbocycles. The molecule has 3 aliphatic rings. The predicted octanol–water partition coefficient (Wildman–Crippen LogP) is 3.06. The summed E-state index contributed by atoms with van der Waals surface area (Å²) in [4.78, 5) is 12.0. The maximum absolute atomic E-state index is 12.0. The van der Waals surface area contributed by atoms with Gasteiger partial charge in [0.2, 0.25) is 5.79 Å². The largest absolute Gasteiger partial charge is 0.456 e. The zero-order valence-corrected chi connectivity index (χ0v) is 17.0. The van der Waals surface area contributed by atoms with Gasteiger partial charge in [-0.15, -0.1) is 0 Å². The van der Waals surface area contributed by atoms with Gasteiger partial charge < -0.3 is 28.4 Å². The molecule has 0 unspecified atom stereocenters. The highest BCUT2D eigenvalue weighted by molar-refractivity contribution is 5.86. The number of fused-ring (bicyclic) bond motifs is 3. The fourth-order valence-corrected chi connectivity index (χ4v) is 4.04. The van der Waals surface area contributed by atoms with Gasteiger partial charge >= 0.3 is 5.97 Å². The summed E-state index contributed by atoms with van der Waals surface area (Å²) in [6.07, 6.45) is 1.61. The fourth-order valence-electron chi connectivity index (χ4n) is 4.04. The Kier molecular flexibility index (Phi) is 5.72. The Morgan fingerprint density at radius 2 is 1.67 bits per heavy atom. The molecule has 7 nitrogen and oxygen atoms in total. The Balaban J connectivity index is 1.88. The SMILES string of the molecule is C=C(C)C(=O)OC[C@]12OC[C@H]3OC(CC)(CC)O[C@H]3[C@@H]1OC(CC)(CC)O2. The van der Waals surface area contributed by atoms with Crippen molar-refractivity contribution >= 4 is 5.97 Å². The van der Waals surface area contributed by atoms with E-state index in [0.717, 1.165) is 12.8 Å². The van der Waals surface area contributed by atoms with Crippen LogP contribution in [0.1, 0.15) is 60.3 Å². The average Bonchev–Trinajstić information content (AvgIpc) is 3.23. The topological polar surface area (TPSA) is 72.5 Å². The van der Waals surface area contributed by atoms with Crippen molar-refractivity contribution in [2.75, 3.05) is 13.2 Å². The molecule has 0 amide bonds. The van der Waals surface area contributed by atoms with Crippen LogP contribution in [-0.4, -0.2) is 54.9 Å². The van der Waals surface area contributed by atoms with Crippen molar-refractivity contribution in [1.82, 2.24) is 0 Å². The molecule has 0 saturated carbocycles. The lowest BCUT2D eigenvalue weighted by Crippen LogP contribution is -2.60. The highest BCUT2D eigenvalue weighted by Gasteiger charge is 2.67. The van der Waals surface area contributed by atoms with Crippen LogP contribution < -0.4 is 0 Å². The van der Waals surface area contributed by atoms with E-state index in [2.05, 4.69) is 6.58 Å². The zero-order chi connectivity index (χ0) is 19.9. The van der Waals surface area contributed by atoms with Crippen LogP contribution in [0.3, 0.4) is 0 Å². The summed E-state index contributed by atoms with van der Waals surface area (Å²) in [5.41, 5.74) is 0.323. The first-order chi connectivity index (χ1) is 12.8. The smallest absolute Gasteiger partial charge is 0.333 e. The van der Waals surface area contributed by atoms with E-state index in [1.807, 2.05) is 27.7 Å². The van der Waals surface area contributed by atoms with Gasteiger partial charge in [-0.05, 0) is 32.6 Å². The minimum absolute atomic E-state index is 0.0804. The average molecular weight is 384 g/mol. The van der Waals surface area contributed by atoms with Crippen LogP contribution in [-0.2, 0) is 33.2 Å². The first-order valence-corrected chi connectivity index (χ1v) is 9.98. The van der Waals surface area contributed by atoms with Crippen LogP contribution in [0.15, 0.2) is 12.2 Å². The monoisotopic (exact) mass is 384 g/mol. The van der Waals surface area contributed by atoms with Gasteiger partial charge in [-0.25, -0.2) is 4.79 Å². The molecular formula is C20H32O7. The first-order valence-electron chi connectivity index (χ1n) is 9.98. The van der Waals surface area contributed by atoms with Gasteiger partial charge in [-0.1, -0.05) is 34.3 Å². The van der Waals surface area contributed by atoms with E-state index in [-0.39, 0.29) is 18.8 Å². The highest BCUT2D eigenvalue weighted by Crippen LogP contribution is 2.50. The molecule has 0 aliphatic carbocycles. The van der Waals surface area contributed by atoms with Gasteiger partial charge in [0.15, 0.2) is 11.6 Å². The number of carbonyl (C=O) groups is 1. The lowest BCUT2D eigenvalue weighted by atomic mass is 9.97. The second-order valence-corrected chi connectivity index (χ2v) is 7.59. The van der Waals surface area contributed by atoms with Crippen LogP contribution in [0.4, 0.5) is 0 Å². The van der Waals surface area contributed by atoms with Crippen molar-refractivity contribution in [3.8, 4) is 0 Å². The van der Waals surface area contributed by atoms with Crippen LogP contribution in [0.2, 0.25) is 0 Å². The third-order valence-electron chi connectivity index (χ3n) is 5.92. The Labute approximate surface area is 161 Å².